The molecule has 1 unspecified atom stereocenters. The minimum absolute atomic E-state index is 0.133. The highest BCUT2D eigenvalue weighted by Crippen LogP contribution is 2.20. The first kappa shape index (κ1) is 15.8. The number of carbonyl (C=O) groups excluding carboxylic acids is 1. The molecule has 116 valence electrons. The van der Waals surface area contributed by atoms with Crippen molar-refractivity contribution in [3.8, 4) is 0 Å². The predicted molar refractivity (Wildman–Crippen MR) is 87.7 cm³/mol. The van der Waals surface area contributed by atoms with Gasteiger partial charge in [-0.3, -0.25) is 4.79 Å². The van der Waals surface area contributed by atoms with Gasteiger partial charge in [-0.2, -0.15) is 0 Å². The lowest BCUT2D eigenvalue weighted by Crippen LogP contribution is -2.29. The average Bonchev–Trinajstić information content (AvgIpc) is 3.01. The van der Waals surface area contributed by atoms with E-state index in [1.165, 1.54) is 18.5 Å². The Labute approximate surface area is 127 Å². The van der Waals surface area contributed by atoms with Crippen LogP contribution in [0.25, 0.3) is 0 Å². The van der Waals surface area contributed by atoms with Crippen LogP contribution in [0.3, 0.4) is 0 Å². The number of benzene rings is 1. The van der Waals surface area contributed by atoms with E-state index in [2.05, 4.69) is 18.9 Å². The second kappa shape index (κ2) is 7.46. The summed E-state index contributed by atoms with van der Waals surface area (Å²) in [5.74, 6) is 0.599. The molecule has 1 aromatic rings. The van der Waals surface area contributed by atoms with Crippen molar-refractivity contribution in [3.05, 3.63) is 29.8 Å². The molecule has 4 heteroatoms. The summed E-state index contributed by atoms with van der Waals surface area (Å²) < 4.78 is 0. The maximum absolute atomic E-state index is 12.4. The third kappa shape index (κ3) is 3.97. The lowest BCUT2D eigenvalue weighted by molar-refractivity contribution is 0.0787. The molecule has 2 rings (SSSR count). The van der Waals surface area contributed by atoms with Crippen molar-refractivity contribution >= 4 is 11.6 Å². The molecule has 2 N–H and O–H groups in total. The van der Waals surface area contributed by atoms with Gasteiger partial charge < -0.3 is 15.5 Å². The van der Waals surface area contributed by atoms with Gasteiger partial charge in [-0.05, 0) is 49.6 Å². The molecule has 4 nitrogen and oxygen atoms in total. The van der Waals surface area contributed by atoms with E-state index < -0.39 is 0 Å². The van der Waals surface area contributed by atoms with Crippen molar-refractivity contribution < 1.29 is 4.79 Å². The number of rotatable bonds is 6. The molecule has 1 aliphatic rings. The van der Waals surface area contributed by atoms with Crippen LogP contribution in [0.15, 0.2) is 24.3 Å². The maximum atomic E-state index is 12.4. The third-order valence-corrected chi connectivity index (χ3v) is 4.31. The second-order valence-corrected chi connectivity index (χ2v) is 5.96. The first-order valence-electron chi connectivity index (χ1n) is 7.96. The van der Waals surface area contributed by atoms with Crippen LogP contribution in [0.4, 0.5) is 5.69 Å². The van der Waals surface area contributed by atoms with E-state index in [4.69, 9.17) is 5.73 Å². The third-order valence-electron chi connectivity index (χ3n) is 4.31. The molecule has 1 fully saturated rings. The lowest BCUT2D eigenvalue weighted by atomic mass is 10.1. The summed E-state index contributed by atoms with van der Waals surface area (Å²) in [7, 11) is 2.10. The molecule has 0 spiro atoms. The zero-order chi connectivity index (χ0) is 15.2. The number of amides is 1. The van der Waals surface area contributed by atoms with Gasteiger partial charge in [-0.1, -0.05) is 13.3 Å². The number of likely N-dealkylation sites (tertiary alicyclic amines) is 1. The lowest BCUT2D eigenvalue weighted by Gasteiger charge is -2.20. The van der Waals surface area contributed by atoms with Crippen molar-refractivity contribution in [2.45, 2.75) is 26.2 Å². The predicted octanol–water partition coefficient (Wildman–Crippen LogP) is 2.34. The van der Waals surface area contributed by atoms with Crippen LogP contribution in [0.1, 0.15) is 36.5 Å². The van der Waals surface area contributed by atoms with Gasteiger partial charge in [0, 0.05) is 37.9 Å². The van der Waals surface area contributed by atoms with Crippen LogP contribution in [0.5, 0.6) is 0 Å². The number of carbonyl (C=O) groups is 1. The quantitative estimate of drug-likeness (QED) is 0.874. The minimum Gasteiger partial charge on any atom is -0.375 e. The number of nitrogens with two attached hydrogens (primary N) is 1. The summed E-state index contributed by atoms with van der Waals surface area (Å²) in [5.41, 5.74) is 7.63. The Bertz CT molecular complexity index is 458. The fraction of sp³-hybridized carbons (Fsp3) is 0.588. The molecule has 21 heavy (non-hydrogen) atoms. The minimum atomic E-state index is 0.133. The van der Waals surface area contributed by atoms with Gasteiger partial charge in [0.25, 0.3) is 5.91 Å². The standard InChI is InChI=1S/C17H27N3O/c1-3-4-10-19(2)16-7-5-15(6-8-16)17(21)20-11-9-14(12-18)13-20/h5-8,14H,3-4,9-13,18H2,1-2H3. The van der Waals surface area contributed by atoms with E-state index in [1.54, 1.807) is 0 Å². The van der Waals surface area contributed by atoms with Crippen LogP contribution in [0, 0.1) is 5.92 Å². The van der Waals surface area contributed by atoms with E-state index in [1.807, 2.05) is 29.2 Å². The normalized spacial score (nSPS) is 18.0. The van der Waals surface area contributed by atoms with Crippen molar-refractivity contribution in [1.82, 2.24) is 4.90 Å². The number of unbranched alkanes of at least 4 members (excludes halogenated alkanes) is 1. The molecule has 1 aromatic carbocycles. The molecular formula is C17H27N3O. The first-order valence-corrected chi connectivity index (χ1v) is 7.96. The highest BCUT2D eigenvalue weighted by Gasteiger charge is 2.25. The Morgan fingerprint density at radius 1 is 1.38 bits per heavy atom. The van der Waals surface area contributed by atoms with Gasteiger partial charge in [-0.15, -0.1) is 0 Å². The highest BCUT2D eigenvalue weighted by molar-refractivity contribution is 5.94. The average molecular weight is 289 g/mol. The van der Waals surface area contributed by atoms with E-state index in [-0.39, 0.29) is 5.91 Å². The Balaban J connectivity index is 1.97. The Kier molecular flexibility index (Phi) is 5.62. The highest BCUT2D eigenvalue weighted by atomic mass is 16.2. The molecular weight excluding hydrogens is 262 g/mol. The summed E-state index contributed by atoms with van der Waals surface area (Å²) in [5, 5.41) is 0. The van der Waals surface area contributed by atoms with Gasteiger partial charge in [-0.25, -0.2) is 0 Å². The molecule has 0 saturated carbocycles. The fourth-order valence-electron chi connectivity index (χ4n) is 2.77. The van der Waals surface area contributed by atoms with E-state index >= 15 is 0 Å². The smallest absolute Gasteiger partial charge is 0.253 e. The van der Waals surface area contributed by atoms with E-state index in [0.29, 0.717) is 12.5 Å². The summed E-state index contributed by atoms with van der Waals surface area (Å²) in [6.45, 7) is 5.55. The summed E-state index contributed by atoms with van der Waals surface area (Å²) in [4.78, 5) is 16.6. The van der Waals surface area contributed by atoms with E-state index in [9.17, 15) is 4.79 Å². The number of anilines is 1. The first-order chi connectivity index (χ1) is 10.2. The Morgan fingerprint density at radius 2 is 2.10 bits per heavy atom. The molecule has 1 aliphatic heterocycles. The molecule has 0 bridgehead atoms. The SMILES string of the molecule is CCCCN(C)c1ccc(C(=O)N2CCC(CN)C2)cc1. The van der Waals surface area contributed by atoms with Crippen molar-refractivity contribution in [3.63, 3.8) is 0 Å². The van der Waals surface area contributed by atoms with Crippen LogP contribution in [-0.2, 0) is 0 Å². The van der Waals surface area contributed by atoms with Gasteiger partial charge in [0.05, 0.1) is 0 Å². The Morgan fingerprint density at radius 3 is 2.67 bits per heavy atom. The molecule has 1 saturated heterocycles. The zero-order valence-corrected chi connectivity index (χ0v) is 13.2. The molecule has 1 amide bonds. The van der Waals surface area contributed by atoms with Crippen LogP contribution in [-0.4, -0.2) is 44.0 Å². The van der Waals surface area contributed by atoms with Crippen LogP contribution < -0.4 is 10.6 Å². The van der Waals surface area contributed by atoms with Crippen molar-refractivity contribution in [1.29, 1.82) is 0 Å². The molecule has 1 heterocycles. The second-order valence-electron chi connectivity index (χ2n) is 5.96. The number of hydrogen-bond donors (Lipinski definition) is 1. The summed E-state index contributed by atoms with van der Waals surface area (Å²) >= 11 is 0. The summed E-state index contributed by atoms with van der Waals surface area (Å²) in [6, 6.07) is 7.96. The van der Waals surface area contributed by atoms with E-state index in [0.717, 1.165) is 31.6 Å². The Hall–Kier alpha value is -1.55. The maximum Gasteiger partial charge on any atom is 0.253 e. The number of nitrogens with zero attached hydrogens (tertiary/aromatic N) is 2. The zero-order valence-electron chi connectivity index (χ0n) is 13.2. The molecule has 0 radical (unpaired) electrons. The van der Waals surface area contributed by atoms with Gasteiger partial charge in [0.2, 0.25) is 0 Å². The topological polar surface area (TPSA) is 49.6 Å². The number of hydrogen-bond acceptors (Lipinski definition) is 3. The van der Waals surface area contributed by atoms with Gasteiger partial charge in [0.15, 0.2) is 0 Å². The van der Waals surface area contributed by atoms with Crippen LogP contribution in [0.2, 0.25) is 0 Å². The monoisotopic (exact) mass is 289 g/mol. The van der Waals surface area contributed by atoms with Gasteiger partial charge in [0.1, 0.15) is 0 Å². The van der Waals surface area contributed by atoms with Gasteiger partial charge >= 0.3 is 0 Å². The molecule has 0 aromatic heterocycles. The largest absolute Gasteiger partial charge is 0.375 e. The fourth-order valence-corrected chi connectivity index (χ4v) is 2.77. The van der Waals surface area contributed by atoms with Crippen molar-refractivity contribution in [2.75, 3.05) is 38.1 Å². The molecule has 1 atom stereocenters. The molecule has 0 aliphatic carbocycles. The summed E-state index contributed by atoms with van der Waals surface area (Å²) in [6.07, 6.45) is 3.41. The van der Waals surface area contributed by atoms with Crippen LogP contribution >= 0.6 is 0 Å². The van der Waals surface area contributed by atoms with Crippen molar-refractivity contribution in [2.24, 2.45) is 11.7 Å².